The molecule has 2 aliphatic carbocycles. The first-order chi connectivity index (χ1) is 10.2. The number of hydrogen-bond donors (Lipinski definition) is 1. The lowest BCUT2D eigenvalue weighted by Crippen LogP contribution is -2.39. The minimum atomic E-state index is 0.00367. The fraction of sp³-hybridized carbons (Fsp3) is 0.688. The van der Waals surface area contributed by atoms with Crippen molar-refractivity contribution in [2.45, 2.75) is 51.1 Å². The van der Waals surface area contributed by atoms with Gasteiger partial charge in [0.15, 0.2) is 0 Å². The molecule has 2 saturated carbocycles. The molecule has 21 heavy (non-hydrogen) atoms. The summed E-state index contributed by atoms with van der Waals surface area (Å²) in [5, 5.41) is 3.16. The van der Waals surface area contributed by atoms with E-state index in [1.54, 1.807) is 23.5 Å². The minimum Gasteiger partial charge on any atom is -0.335 e. The number of amides is 2. The van der Waals surface area contributed by atoms with Gasteiger partial charge in [0.1, 0.15) is 0 Å². The summed E-state index contributed by atoms with van der Waals surface area (Å²) in [6.07, 6.45) is 13.0. The van der Waals surface area contributed by atoms with Crippen LogP contribution in [0.15, 0.2) is 18.6 Å². The van der Waals surface area contributed by atoms with Crippen molar-refractivity contribution < 1.29 is 4.79 Å². The summed E-state index contributed by atoms with van der Waals surface area (Å²) in [5.41, 5.74) is 0.815. The van der Waals surface area contributed by atoms with Crippen LogP contribution in [-0.4, -0.2) is 34.0 Å². The second-order valence-corrected chi connectivity index (χ2v) is 6.41. The van der Waals surface area contributed by atoms with Crippen LogP contribution < -0.4 is 5.32 Å². The Balaban J connectivity index is 1.44. The van der Waals surface area contributed by atoms with Crippen molar-refractivity contribution >= 4 is 6.03 Å². The van der Waals surface area contributed by atoms with E-state index in [1.807, 2.05) is 7.05 Å². The molecule has 0 aromatic carbocycles. The maximum atomic E-state index is 12.2. The monoisotopic (exact) mass is 288 g/mol. The topological polar surface area (TPSA) is 58.1 Å². The molecule has 0 unspecified atom stereocenters. The Bertz CT molecular complexity index is 472. The number of aromatic nitrogens is 2. The van der Waals surface area contributed by atoms with Crippen molar-refractivity contribution in [3.05, 3.63) is 24.3 Å². The molecule has 0 bridgehead atoms. The second-order valence-electron chi connectivity index (χ2n) is 6.41. The highest BCUT2D eigenvalue weighted by Crippen LogP contribution is 2.44. The van der Waals surface area contributed by atoms with Crippen LogP contribution in [0.1, 0.15) is 44.2 Å². The van der Waals surface area contributed by atoms with Gasteiger partial charge in [-0.2, -0.15) is 0 Å². The molecule has 1 aromatic rings. The highest BCUT2D eigenvalue weighted by atomic mass is 16.2. The van der Waals surface area contributed by atoms with E-state index in [-0.39, 0.29) is 6.03 Å². The molecular formula is C16H24N4O. The van der Waals surface area contributed by atoms with Crippen LogP contribution in [0.5, 0.6) is 0 Å². The Morgan fingerprint density at radius 3 is 2.86 bits per heavy atom. The van der Waals surface area contributed by atoms with Gasteiger partial charge in [0.25, 0.3) is 0 Å². The zero-order chi connectivity index (χ0) is 14.7. The summed E-state index contributed by atoms with van der Waals surface area (Å²) in [6.45, 7) is 0.500. The van der Waals surface area contributed by atoms with E-state index in [2.05, 4.69) is 15.3 Å². The van der Waals surface area contributed by atoms with Gasteiger partial charge in [0.05, 0.1) is 18.4 Å². The second kappa shape index (κ2) is 6.41. The zero-order valence-corrected chi connectivity index (χ0v) is 12.7. The van der Waals surface area contributed by atoms with Crippen LogP contribution in [0.3, 0.4) is 0 Å². The van der Waals surface area contributed by atoms with Crippen molar-refractivity contribution in [1.29, 1.82) is 0 Å². The quantitative estimate of drug-likeness (QED) is 0.926. The Kier molecular flexibility index (Phi) is 4.36. The van der Waals surface area contributed by atoms with Crippen LogP contribution >= 0.6 is 0 Å². The predicted molar refractivity (Wildman–Crippen MR) is 80.5 cm³/mol. The maximum absolute atomic E-state index is 12.2. The third-order valence-corrected chi connectivity index (χ3v) is 4.77. The SMILES string of the molecule is CN(Cc1cnccn1)C(=O)N[C@@H]1C[C@@H]1C1CCCCC1. The van der Waals surface area contributed by atoms with Gasteiger partial charge in [0.2, 0.25) is 0 Å². The first kappa shape index (κ1) is 14.3. The number of urea groups is 1. The molecule has 1 aromatic heterocycles. The lowest BCUT2D eigenvalue weighted by atomic mass is 9.85. The summed E-state index contributed by atoms with van der Waals surface area (Å²) >= 11 is 0. The first-order valence-corrected chi connectivity index (χ1v) is 8.00. The maximum Gasteiger partial charge on any atom is 0.317 e. The number of nitrogens with zero attached hydrogens (tertiary/aromatic N) is 3. The molecule has 0 radical (unpaired) electrons. The van der Waals surface area contributed by atoms with Gasteiger partial charge in [-0.05, 0) is 18.3 Å². The number of rotatable bonds is 4. The summed E-state index contributed by atoms with van der Waals surface area (Å²) in [4.78, 5) is 22.1. The van der Waals surface area contributed by atoms with Gasteiger partial charge in [0, 0.05) is 25.5 Å². The largest absolute Gasteiger partial charge is 0.335 e. The molecular weight excluding hydrogens is 264 g/mol. The van der Waals surface area contributed by atoms with Crippen molar-refractivity contribution in [2.75, 3.05) is 7.05 Å². The molecule has 5 heteroatoms. The molecule has 0 aliphatic heterocycles. The Hall–Kier alpha value is -1.65. The van der Waals surface area contributed by atoms with Crippen molar-refractivity contribution in [3.8, 4) is 0 Å². The number of carbonyl (C=O) groups is 1. The predicted octanol–water partition coefficient (Wildman–Crippen LogP) is 2.59. The molecule has 0 saturated heterocycles. The van der Waals surface area contributed by atoms with E-state index < -0.39 is 0 Å². The molecule has 2 fully saturated rings. The van der Waals surface area contributed by atoms with Crippen molar-refractivity contribution in [3.63, 3.8) is 0 Å². The molecule has 1 N–H and O–H groups in total. The van der Waals surface area contributed by atoms with E-state index in [0.29, 0.717) is 12.6 Å². The third-order valence-electron chi connectivity index (χ3n) is 4.77. The molecule has 2 amide bonds. The Morgan fingerprint density at radius 1 is 1.33 bits per heavy atom. The van der Waals surface area contributed by atoms with E-state index in [0.717, 1.165) is 24.0 Å². The molecule has 0 spiro atoms. The van der Waals surface area contributed by atoms with Crippen molar-refractivity contribution in [1.82, 2.24) is 20.2 Å². The lowest BCUT2D eigenvalue weighted by Gasteiger charge is -2.22. The minimum absolute atomic E-state index is 0.00367. The zero-order valence-electron chi connectivity index (χ0n) is 12.7. The summed E-state index contributed by atoms with van der Waals surface area (Å²) in [5.74, 6) is 1.56. The fourth-order valence-electron chi connectivity index (χ4n) is 3.46. The molecule has 2 atom stereocenters. The van der Waals surface area contributed by atoms with Gasteiger partial charge >= 0.3 is 6.03 Å². The van der Waals surface area contributed by atoms with E-state index in [9.17, 15) is 4.79 Å². The molecule has 3 rings (SSSR count). The molecule has 114 valence electrons. The van der Waals surface area contributed by atoms with Crippen molar-refractivity contribution in [2.24, 2.45) is 11.8 Å². The van der Waals surface area contributed by atoms with Gasteiger partial charge < -0.3 is 10.2 Å². The molecule has 5 nitrogen and oxygen atoms in total. The molecule has 1 heterocycles. The highest BCUT2D eigenvalue weighted by Gasteiger charge is 2.44. The van der Waals surface area contributed by atoms with E-state index in [1.165, 1.54) is 32.1 Å². The van der Waals surface area contributed by atoms with Crippen LogP contribution in [0.2, 0.25) is 0 Å². The standard InChI is InChI=1S/C16H24N4O/c1-20(11-13-10-17-7-8-18-13)16(21)19-15-9-14(15)12-5-3-2-4-6-12/h7-8,10,12,14-15H,2-6,9,11H2,1H3,(H,19,21)/t14-,15-/m1/s1. The van der Waals surface area contributed by atoms with E-state index >= 15 is 0 Å². The summed E-state index contributed by atoms with van der Waals surface area (Å²) < 4.78 is 0. The van der Waals surface area contributed by atoms with Gasteiger partial charge in [-0.1, -0.05) is 32.1 Å². The first-order valence-electron chi connectivity index (χ1n) is 8.00. The average Bonchev–Trinajstić information content (AvgIpc) is 3.28. The number of hydrogen-bond acceptors (Lipinski definition) is 3. The summed E-state index contributed by atoms with van der Waals surface area (Å²) in [7, 11) is 1.81. The van der Waals surface area contributed by atoms with Crippen LogP contribution in [-0.2, 0) is 6.54 Å². The highest BCUT2D eigenvalue weighted by molar-refractivity contribution is 5.74. The number of carbonyl (C=O) groups excluding carboxylic acids is 1. The third kappa shape index (κ3) is 3.71. The van der Waals surface area contributed by atoms with Crippen LogP contribution in [0, 0.1) is 11.8 Å². The lowest BCUT2D eigenvalue weighted by molar-refractivity contribution is 0.204. The Labute approximate surface area is 126 Å². The number of nitrogens with one attached hydrogen (secondary N) is 1. The Morgan fingerprint density at radius 2 is 2.14 bits per heavy atom. The van der Waals surface area contributed by atoms with Gasteiger partial charge in [-0.3, -0.25) is 9.97 Å². The normalized spacial score (nSPS) is 25.4. The van der Waals surface area contributed by atoms with E-state index in [4.69, 9.17) is 0 Å². The van der Waals surface area contributed by atoms with Crippen LogP contribution in [0.4, 0.5) is 4.79 Å². The van der Waals surface area contributed by atoms with Gasteiger partial charge in [-0.15, -0.1) is 0 Å². The summed E-state index contributed by atoms with van der Waals surface area (Å²) in [6, 6.07) is 0.397. The van der Waals surface area contributed by atoms with Gasteiger partial charge in [-0.25, -0.2) is 4.79 Å². The molecule has 2 aliphatic rings. The average molecular weight is 288 g/mol. The fourth-order valence-corrected chi connectivity index (χ4v) is 3.46. The smallest absolute Gasteiger partial charge is 0.317 e. The van der Waals surface area contributed by atoms with Crippen LogP contribution in [0.25, 0.3) is 0 Å².